The number of anilines is 2. The molecule has 21 heavy (non-hydrogen) atoms. The summed E-state index contributed by atoms with van der Waals surface area (Å²) in [5.41, 5.74) is 1.89. The predicted molar refractivity (Wildman–Crippen MR) is 91.0 cm³/mol. The quantitative estimate of drug-likeness (QED) is 0.582. The van der Waals surface area contributed by atoms with Crippen molar-refractivity contribution in [3.05, 3.63) is 24.3 Å². The fraction of sp³-hybridized carbons (Fsp3) is 0.588. The highest BCUT2D eigenvalue weighted by Crippen LogP contribution is 2.16. The molecule has 0 aromatic heterocycles. The van der Waals surface area contributed by atoms with Gasteiger partial charge in [-0.25, -0.2) is 4.79 Å². The number of hydrogen-bond donors (Lipinski definition) is 3. The molecule has 3 N–H and O–H groups in total. The summed E-state index contributed by atoms with van der Waals surface area (Å²) in [5, 5.41) is 8.78. The Morgan fingerprint density at radius 3 is 2.29 bits per heavy atom. The fourth-order valence-corrected chi connectivity index (χ4v) is 2.25. The minimum absolute atomic E-state index is 0.198. The van der Waals surface area contributed by atoms with E-state index in [0.29, 0.717) is 6.04 Å². The second-order valence-corrected chi connectivity index (χ2v) is 5.53. The van der Waals surface area contributed by atoms with Crippen molar-refractivity contribution in [3.8, 4) is 0 Å². The molecule has 4 heteroatoms. The van der Waals surface area contributed by atoms with Gasteiger partial charge in [0.1, 0.15) is 0 Å². The Morgan fingerprint density at radius 1 is 1.05 bits per heavy atom. The molecule has 0 aliphatic rings. The Hall–Kier alpha value is -1.71. The first-order valence-electron chi connectivity index (χ1n) is 8.01. The van der Waals surface area contributed by atoms with Crippen molar-refractivity contribution >= 4 is 17.4 Å². The largest absolute Gasteiger partial charge is 0.383 e. The molecular weight excluding hydrogens is 262 g/mol. The summed E-state index contributed by atoms with van der Waals surface area (Å²) in [4.78, 5) is 11.2. The molecule has 0 radical (unpaired) electrons. The molecule has 4 nitrogen and oxygen atoms in total. The lowest BCUT2D eigenvalue weighted by atomic mass is 10.1. The van der Waals surface area contributed by atoms with E-state index in [4.69, 9.17) is 0 Å². The summed E-state index contributed by atoms with van der Waals surface area (Å²) in [7, 11) is 1.60. The van der Waals surface area contributed by atoms with Gasteiger partial charge in [-0.2, -0.15) is 0 Å². The van der Waals surface area contributed by atoms with Crippen molar-refractivity contribution in [2.75, 3.05) is 17.7 Å². The Balaban J connectivity index is 2.29. The summed E-state index contributed by atoms with van der Waals surface area (Å²) in [5.74, 6) is 0. The summed E-state index contributed by atoms with van der Waals surface area (Å²) in [6.07, 6.45) is 7.80. The summed E-state index contributed by atoms with van der Waals surface area (Å²) in [6.45, 7) is 4.46. The first-order valence-corrected chi connectivity index (χ1v) is 8.01. The molecule has 0 bridgehead atoms. The van der Waals surface area contributed by atoms with Crippen LogP contribution in [0.2, 0.25) is 0 Å². The lowest BCUT2D eigenvalue weighted by Gasteiger charge is -2.15. The van der Waals surface area contributed by atoms with Crippen LogP contribution in [0.15, 0.2) is 24.3 Å². The van der Waals surface area contributed by atoms with E-state index in [1.54, 1.807) is 7.05 Å². The second kappa shape index (κ2) is 10.1. The van der Waals surface area contributed by atoms with Crippen LogP contribution in [0, 0.1) is 0 Å². The van der Waals surface area contributed by atoms with Gasteiger partial charge in [0.25, 0.3) is 0 Å². The maximum atomic E-state index is 11.2. The van der Waals surface area contributed by atoms with Crippen LogP contribution < -0.4 is 16.0 Å². The van der Waals surface area contributed by atoms with E-state index < -0.39 is 0 Å². The number of unbranched alkanes of at least 4 members (excludes halogenated alkanes) is 4. The van der Waals surface area contributed by atoms with E-state index in [9.17, 15) is 4.79 Å². The van der Waals surface area contributed by atoms with E-state index in [1.807, 2.05) is 24.3 Å². The van der Waals surface area contributed by atoms with Gasteiger partial charge in [0.15, 0.2) is 0 Å². The molecule has 118 valence electrons. The number of carbonyl (C=O) groups excluding carboxylic acids is 1. The minimum Gasteiger partial charge on any atom is -0.383 e. The van der Waals surface area contributed by atoms with Gasteiger partial charge < -0.3 is 16.0 Å². The number of hydrogen-bond acceptors (Lipinski definition) is 2. The maximum Gasteiger partial charge on any atom is 0.318 e. The number of urea groups is 1. The minimum atomic E-state index is -0.198. The van der Waals surface area contributed by atoms with E-state index in [1.165, 1.54) is 38.5 Å². The van der Waals surface area contributed by atoms with Gasteiger partial charge in [0, 0.05) is 24.5 Å². The normalized spacial score (nSPS) is 11.8. The number of carbonyl (C=O) groups is 1. The predicted octanol–water partition coefficient (Wildman–Crippen LogP) is 4.60. The third-order valence-corrected chi connectivity index (χ3v) is 3.52. The second-order valence-electron chi connectivity index (χ2n) is 5.53. The first-order chi connectivity index (χ1) is 10.2. The van der Waals surface area contributed by atoms with Gasteiger partial charge in [-0.05, 0) is 37.6 Å². The fourth-order valence-electron chi connectivity index (χ4n) is 2.25. The molecule has 0 aliphatic heterocycles. The molecule has 1 aromatic rings. The average molecular weight is 291 g/mol. The number of rotatable bonds is 9. The zero-order chi connectivity index (χ0) is 15.5. The third-order valence-electron chi connectivity index (χ3n) is 3.52. The molecule has 0 spiro atoms. The van der Waals surface area contributed by atoms with Crippen molar-refractivity contribution in [3.63, 3.8) is 0 Å². The molecule has 1 atom stereocenters. The van der Waals surface area contributed by atoms with Crippen molar-refractivity contribution < 1.29 is 4.79 Å². The zero-order valence-electron chi connectivity index (χ0n) is 13.5. The van der Waals surface area contributed by atoms with Crippen LogP contribution in [0.4, 0.5) is 16.2 Å². The molecule has 0 fully saturated rings. The van der Waals surface area contributed by atoms with Crippen LogP contribution >= 0.6 is 0 Å². The van der Waals surface area contributed by atoms with Gasteiger partial charge in [-0.15, -0.1) is 0 Å². The zero-order valence-corrected chi connectivity index (χ0v) is 13.5. The molecule has 0 heterocycles. The maximum absolute atomic E-state index is 11.2. The standard InChI is InChI=1S/C17H29N3O/c1-4-5-6-7-8-9-14(2)19-15-10-12-16(13-11-15)20-17(21)18-3/h10-14,19H,4-9H2,1-3H3,(H2,18,20,21). The smallest absolute Gasteiger partial charge is 0.318 e. The molecule has 1 rings (SSSR count). The summed E-state index contributed by atoms with van der Waals surface area (Å²) in [6, 6.07) is 8.09. The number of amides is 2. The highest BCUT2D eigenvalue weighted by atomic mass is 16.2. The number of benzene rings is 1. The Bertz CT molecular complexity index is 403. The SMILES string of the molecule is CCCCCCCC(C)Nc1ccc(NC(=O)NC)cc1. The van der Waals surface area contributed by atoms with Gasteiger partial charge in [-0.1, -0.05) is 39.0 Å². The molecule has 1 unspecified atom stereocenters. The van der Waals surface area contributed by atoms with Gasteiger partial charge in [0.05, 0.1) is 0 Å². The van der Waals surface area contributed by atoms with Crippen LogP contribution in [0.5, 0.6) is 0 Å². The van der Waals surface area contributed by atoms with Crippen molar-refractivity contribution in [2.45, 2.75) is 58.4 Å². The van der Waals surface area contributed by atoms with E-state index in [0.717, 1.165) is 11.4 Å². The lowest BCUT2D eigenvalue weighted by molar-refractivity contribution is 0.254. The van der Waals surface area contributed by atoms with Gasteiger partial charge in [0.2, 0.25) is 0 Å². The highest BCUT2D eigenvalue weighted by molar-refractivity contribution is 5.89. The molecule has 0 aliphatic carbocycles. The van der Waals surface area contributed by atoms with Crippen LogP contribution in [0.3, 0.4) is 0 Å². The van der Waals surface area contributed by atoms with Crippen LogP contribution in [-0.2, 0) is 0 Å². The van der Waals surface area contributed by atoms with E-state index in [-0.39, 0.29) is 6.03 Å². The molecule has 0 saturated heterocycles. The summed E-state index contributed by atoms with van der Waals surface area (Å²) >= 11 is 0. The molecule has 2 amide bonds. The topological polar surface area (TPSA) is 53.2 Å². The Labute approximate surface area is 128 Å². The molecular formula is C17H29N3O. The first kappa shape index (κ1) is 17.3. The molecule has 1 aromatic carbocycles. The van der Waals surface area contributed by atoms with Crippen LogP contribution in [0.25, 0.3) is 0 Å². The average Bonchev–Trinajstić information content (AvgIpc) is 2.49. The third kappa shape index (κ3) is 7.59. The van der Waals surface area contributed by atoms with Crippen molar-refractivity contribution in [1.29, 1.82) is 0 Å². The lowest BCUT2D eigenvalue weighted by Crippen LogP contribution is -2.24. The van der Waals surface area contributed by atoms with E-state index in [2.05, 4.69) is 29.8 Å². The Kier molecular flexibility index (Phi) is 8.32. The number of nitrogens with one attached hydrogen (secondary N) is 3. The van der Waals surface area contributed by atoms with Crippen molar-refractivity contribution in [2.24, 2.45) is 0 Å². The van der Waals surface area contributed by atoms with Gasteiger partial charge >= 0.3 is 6.03 Å². The van der Waals surface area contributed by atoms with Gasteiger partial charge in [-0.3, -0.25) is 0 Å². The summed E-state index contributed by atoms with van der Waals surface area (Å²) < 4.78 is 0. The van der Waals surface area contributed by atoms with E-state index >= 15 is 0 Å². The monoisotopic (exact) mass is 291 g/mol. The van der Waals surface area contributed by atoms with Crippen LogP contribution in [0.1, 0.15) is 52.4 Å². The molecule has 0 saturated carbocycles. The highest BCUT2D eigenvalue weighted by Gasteiger charge is 2.03. The van der Waals surface area contributed by atoms with Crippen molar-refractivity contribution in [1.82, 2.24) is 5.32 Å². The Morgan fingerprint density at radius 2 is 1.67 bits per heavy atom. The van der Waals surface area contributed by atoms with Crippen LogP contribution in [-0.4, -0.2) is 19.1 Å².